The molecule has 5 nitrogen and oxygen atoms in total. The van der Waals surface area contributed by atoms with Crippen LogP contribution in [0.2, 0.25) is 0 Å². The van der Waals surface area contributed by atoms with Gasteiger partial charge in [0.25, 0.3) is 11.8 Å². The molecule has 0 aliphatic carbocycles. The van der Waals surface area contributed by atoms with Crippen LogP contribution in [0.5, 0.6) is 5.75 Å². The summed E-state index contributed by atoms with van der Waals surface area (Å²) in [5.41, 5.74) is 2.41. The Labute approximate surface area is 167 Å². The molecule has 1 aliphatic heterocycles. The molecule has 140 valence electrons. The summed E-state index contributed by atoms with van der Waals surface area (Å²) in [7, 11) is 0. The minimum absolute atomic E-state index is 0.175. The van der Waals surface area contributed by atoms with Crippen LogP contribution in [-0.2, 0) is 0 Å². The highest BCUT2D eigenvalue weighted by Gasteiger charge is 2.20. The van der Waals surface area contributed by atoms with Crippen molar-refractivity contribution in [2.24, 2.45) is 0 Å². The highest BCUT2D eigenvalue weighted by molar-refractivity contribution is 7.99. The lowest BCUT2D eigenvalue weighted by atomic mass is 10.1. The predicted octanol–water partition coefficient (Wildman–Crippen LogP) is 5.05. The number of rotatable bonds is 4. The first-order chi connectivity index (χ1) is 13.6. The first-order valence-electron chi connectivity index (χ1n) is 8.90. The first-order valence-corrected chi connectivity index (χ1v) is 9.72. The van der Waals surface area contributed by atoms with Crippen LogP contribution < -0.4 is 15.4 Å². The molecule has 0 spiro atoms. The number of nitrogens with one attached hydrogen (secondary N) is 2. The van der Waals surface area contributed by atoms with Crippen LogP contribution in [0, 0.1) is 0 Å². The molecule has 0 unspecified atom stereocenters. The van der Waals surface area contributed by atoms with Crippen molar-refractivity contribution in [3.63, 3.8) is 0 Å². The Hall–Kier alpha value is -3.25. The van der Waals surface area contributed by atoms with Gasteiger partial charge in [-0.3, -0.25) is 9.59 Å². The van der Waals surface area contributed by atoms with Gasteiger partial charge in [0.05, 0.1) is 17.9 Å². The van der Waals surface area contributed by atoms with E-state index in [1.807, 2.05) is 43.3 Å². The van der Waals surface area contributed by atoms with Crippen LogP contribution in [-0.4, -0.2) is 18.4 Å². The molecule has 0 radical (unpaired) electrons. The lowest BCUT2D eigenvalue weighted by molar-refractivity contribution is 0.101. The number of carbonyl (C=O) groups is 2. The van der Waals surface area contributed by atoms with Crippen molar-refractivity contribution in [2.75, 3.05) is 17.2 Å². The summed E-state index contributed by atoms with van der Waals surface area (Å²) < 4.78 is 5.41. The molecule has 28 heavy (non-hydrogen) atoms. The van der Waals surface area contributed by atoms with Crippen molar-refractivity contribution >= 4 is 35.0 Å². The zero-order valence-electron chi connectivity index (χ0n) is 15.2. The predicted molar refractivity (Wildman–Crippen MR) is 111 cm³/mol. The Morgan fingerprint density at radius 1 is 1.04 bits per heavy atom. The molecule has 0 fully saturated rings. The highest BCUT2D eigenvalue weighted by Crippen LogP contribution is 2.39. The van der Waals surface area contributed by atoms with Crippen LogP contribution in [0.15, 0.2) is 76.5 Å². The van der Waals surface area contributed by atoms with Crippen molar-refractivity contribution in [1.82, 2.24) is 0 Å². The quantitative estimate of drug-likeness (QED) is 0.654. The number of anilines is 2. The largest absolute Gasteiger partial charge is 0.494 e. The molecule has 1 aliphatic rings. The van der Waals surface area contributed by atoms with Gasteiger partial charge in [0, 0.05) is 21.0 Å². The van der Waals surface area contributed by atoms with Gasteiger partial charge in [0.1, 0.15) is 5.75 Å². The number of hydrogen-bond acceptors (Lipinski definition) is 4. The third kappa shape index (κ3) is 3.73. The van der Waals surface area contributed by atoms with Gasteiger partial charge >= 0.3 is 0 Å². The fraction of sp³-hybridized carbons (Fsp3) is 0.0909. The maximum absolute atomic E-state index is 12.6. The van der Waals surface area contributed by atoms with Crippen molar-refractivity contribution in [3.8, 4) is 5.75 Å². The van der Waals surface area contributed by atoms with Gasteiger partial charge in [-0.2, -0.15) is 0 Å². The number of amides is 2. The molecule has 3 aromatic carbocycles. The van der Waals surface area contributed by atoms with Gasteiger partial charge in [-0.15, -0.1) is 0 Å². The normalized spacial score (nSPS) is 12.2. The molecule has 0 bridgehead atoms. The Morgan fingerprint density at radius 3 is 2.61 bits per heavy atom. The molecule has 1 heterocycles. The van der Waals surface area contributed by atoms with Crippen LogP contribution in [0.4, 0.5) is 11.4 Å². The van der Waals surface area contributed by atoms with Crippen molar-refractivity contribution in [1.29, 1.82) is 0 Å². The summed E-state index contributed by atoms with van der Waals surface area (Å²) in [6.45, 7) is 2.51. The Kier molecular flexibility index (Phi) is 5.04. The molecule has 6 heteroatoms. The van der Waals surface area contributed by atoms with Crippen LogP contribution in [0.1, 0.15) is 27.6 Å². The van der Waals surface area contributed by atoms with Crippen LogP contribution in [0.3, 0.4) is 0 Å². The molecule has 2 N–H and O–H groups in total. The van der Waals surface area contributed by atoms with Gasteiger partial charge in [-0.1, -0.05) is 23.9 Å². The van der Waals surface area contributed by atoms with Gasteiger partial charge in [0.15, 0.2) is 0 Å². The highest BCUT2D eigenvalue weighted by atomic mass is 32.2. The second kappa shape index (κ2) is 7.78. The molecule has 0 aromatic heterocycles. The zero-order chi connectivity index (χ0) is 19.5. The summed E-state index contributed by atoms with van der Waals surface area (Å²) in [6.07, 6.45) is 0. The van der Waals surface area contributed by atoms with Gasteiger partial charge in [0.2, 0.25) is 0 Å². The Balaban J connectivity index is 1.55. The molecule has 0 saturated heterocycles. The summed E-state index contributed by atoms with van der Waals surface area (Å²) >= 11 is 1.51. The maximum Gasteiger partial charge on any atom is 0.256 e. The van der Waals surface area contributed by atoms with Crippen LogP contribution >= 0.6 is 11.8 Å². The average molecular weight is 390 g/mol. The molecule has 0 atom stereocenters. The number of hydrogen-bond donors (Lipinski definition) is 2. The van der Waals surface area contributed by atoms with Crippen LogP contribution in [0.25, 0.3) is 0 Å². The summed E-state index contributed by atoms with van der Waals surface area (Å²) in [5, 5.41) is 5.77. The molecular formula is C22H18N2O3S. The second-order valence-corrected chi connectivity index (χ2v) is 7.26. The lowest BCUT2D eigenvalue weighted by Gasteiger charge is -2.10. The third-order valence-corrected chi connectivity index (χ3v) is 5.42. The number of benzene rings is 3. The fourth-order valence-electron chi connectivity index (χ4n) is 2.91. The number of ether oxygens (including phenoxy) is 1. The lowest BCUT2D eigenvalue weighted by Crippen LogP contribution is -2.14. The van der Waals surface area contributed by atoms with E-state index in [2.05, 4.69) is 10.6 Å². The summed E-state index contributed by atoms with van der Waals surface area (Å²) in [6, 6.07) is 20.0. The van der Waals surface area contributed by atoms with E-state index < -0.39 is 0 Å². The van der Waals surface area contributed by atoms with E-state index in [1.54, 1.807) is 30.3 Å². The standard InChI is InChI=1S/C22H18N2O3S/c1-2-27-16-10-8-15(9-11-16)23-21(25)14-7-12-20-18(13-14)24-22(26)17-5-3-4-6-19(17)28-20/h3-13H,2H2,1H3,(H,23,25)(H,24,26). The maximum atomic E-state index is 12.6. The van der Waals surface area contributed by atoms with Gasteiger partial charge in [-0.25, -0.2) is 0 Å². The molecular weight excluding hydrogens is 372 g/mol. The summed E-state index contributed by atoms with van der Waals surface area (Å²) in [4.78, 5) is 26.9. The number of carbonyl (C=O) groups excluding carboxylic acids is 2. The fourth-order valence-corrected chi connectivity index (χ4v) is 3.92. The molecule has 3 aromatic rings. The van der Waals surface area contributed by atoms with E-state index in [0.717, 1.165) is 15.5 Å². The average Bonchev–Trinajstić information content (AvgIpc) is 2.85. The summed E-state index contributed by atoms with van der Waals surface area (Å²) in [5.74, 6) is 0.337. The Morgan fingerprint density at radius 2 is 1.82 bits per heavy atom. The monoisotopic (exact) mass is 390 g/mol. The van der Waals surface area contributed by atoms with Crippen molar-refractivity contribution in [2.45, 2.75) is 16.7 Å². The molecule has 4 rings (SSSR count). The van der Waals surface area contributed by atoms with E-state index in [0.29, 0.717) is 29.1 Å². The third-order valence-electron chi connectivity index (χ3n) is 4.26. The molecule has 0 saturated carbocycles. The minimum Gasteiger partial charge on any atom is -0.494 e. The number of fused-ring (bicyclic) bond motifs is 2. The van der Waals surface area contributed by atoms with E-state index in [4.69, 9.17) is 4.74 Å². The zero-order valence-corrected chi connectivity index (χ0v) is 16.0. The van der Waals surface area contributed by atoms with E-state index in [9.17, 15) is 9.59 Å². The van der Waals surface area contributed by atoms with Gasteiger partial charge in [-0.05, 0) is 61.5 Å². The SMILES string of the molecule is CCOc1ccc(NC(=O)c2ccc3c(c2)NC(=O)c2ccccc2S3)cc1. The minimum atomic E-state index is -0.243. The topological polar surface area (TPSA) is 67.4 Å². The smallest absolute Gasteiger partial charge is 0.256 e. The Bertz CT molecular complexity index is 1050. The van der Waals surface area contributed by atoms with Crippen molar-refractivity contribution < 1.29 is 14.3 Å². The molecule has 2 amide bonds. The van der Waals surface area contributed by atoms with Crippen molar-refractivity contribution in [3.05, 3.63) is 77.9 Å². The van der Waals surface area contributed by atoms with Gasteiger partial charge < -0.3 is 15.4 Å². The van der Waals surface area contributed by atoms with E-state index in [-0.39, 0.29) is 11.8 Å². The van der Waals surface area contributed by atoms with E-state index in [1.165, 1.54) is 11.8 Å². The van der Waals surface area contributed by atoms with E-state index >= 15 is 0 Å². The first kappa shape index (κ1) is 18.1. The second-order valence-electron chi connectivity index (χ2n) is 6.17.